The molecule has 1 aromatic rings. The number of rotatable bonds is 6. The summed E-state index contributed by atoms with van der Waals surface area (Å²) in [5.41, 5.74) is 1.40. The lowest BCUT2D eigenvalue weighted by atomic mass is 9.94. The first-order chi connectivity index (χ1) is 8.31. The molecule has 0 heterocycles. The minimum Gasteiger partial charge on any atom is -0.314 e. The lowest BCUT2D eigenvalue weighted by Crippen LogP contribution is -2.27. The Morgan fingerprint density at radius 2 is 2.06 bits per heavy atom. The van der Waals surface area contributed by atoms with Crippen LogP contribution in [0.3, 0.4) is 0 Å². The molecule has 0 amide bonds. The molecule has 0 bridgehead atoms. The molecule has 2 aliphatic carbocycles. The topological polar surface area (TPSA) is 12.0 Å². The smallest absolute Gasteiger partial charge is 0.0408 e. The molecule has 0 saturated heterocycles. The molecule has 1 nitrogen and oxygen atoms in total. The summed E-state index contributed by atoms with van der Waals surface area (Å²) in [5, 5.41) is 4.55. The Kier molecular flexibility index (Phi) is 3.39. The van der Waals surface area contributed by atoms with E-state index in [1.54, 1.807) is 0 Å². The van der Waals surface area contributed by atoms with Gasteiger partial charge >= 0.3 is 0 Å². The van der Waals surface area contributed by atoms with Crippen molar-refractivity contribution >= 4 is 11.6 Å². The van der Waals surface area contributed by atoms with Gasteiger partial charge in [-0.3, -0.25) is 0 Å². The highest BCUT2D eigenvalue weighted by molar-refractivity contribution is 6.30. The van der Waals surface area contributed by atoms with Crippen molar-refractivity contribution in [2.45, 2.75) is 38.1 Å². The van der Waals surface area contributed by atoms with Gasteiger partial charge in [0, 0.05) is 11.1 Å². The summed E-state index contributed by atoms with van der Waals surface area (Å²) in [5.74, 6) is 1.77. The second-order valence-electron chi connectivity index (χ2n) is 5.61. The first-order valence-corrected chi connectivity index (χ1v) is 7.17. The van der Waals surface area contributed by atoms with Crippen LogP contribution < -0.4 is 5.32 Å². The van der Waals surface area contributed by atoms with Crippen molar-refractivity contribution in [3.8, 4) is 0 Å². The Hall–Kier alpha value is -0.530. The average molecular weight is 250 g/mol. The maximum absolute atomic E-state index is 6.05. The third-order valence-electron chi connectivity index (χ3n) is 3.92. The van der Waals surface area contributed by atoms with Crippen LogP contribution >= 0.6 is 11.6 Å². The predicted octanol–water partition coefficient (Wildman–Crippen LogP) is 3.66. The molecule has 0 radical (unpaired) electrons. The van der Waals surface area contributed by atoms with Crippen LogP contribution in [0.25, 0.3) is 0 Å². The second-order valence-corrected chi connectivity index (χ2v) is 6.05. The number of halogens is 1. The summed E-state index contributed by atoms with van der Waals surface area (Å²) in [6.45, 7) is 1.20. The lowest BCUT2D eigenvalue weighted by Gasteiger charge is -2.17. The molecule has 17 heavy (non-hydrogen) atoms. The van der Waals surface area contributed by atoms with E-state index >= 15 is 0 Å². The van der Waals surface area contributed by atoms with Gasteiger partial charge in [0.2, 0.25) is 0 Å². The Labute approximate surface area is 109 Å². The predicted molar refractivity (Wildman–Crippen MR) is 72.4 cm³/mol. The summed E-state index contributed by atoms with van der Waals surface area (Å²) in [6.07, 6.45) is 6.81. The molecule has 2 fully saturated rings. The zero-order valence-electron chi connectivity index (χ0n) is 10.2. The summed E-state index contributed by atoms with van der Waals surface area (Å²) in [7, 11) is 0. The van der Waals surface area contributed by atoms with Crippen LogP contribution in [-0.4, -0.2) is 12.6 Å². The van der Waals surface area contributed by atoms with Crippen molar-refractivity contribution in [2.75, 3.05) is 6.54 Å². The molecule has 2 saturated carbocycles. The van der Waals surface area contributed by atoms with Gasteiger partial charge in [0.05, 0.1) is 0 Å². The molecule has 0 spiro atoms. The molecule has 1 aromatic carbocycles. The van der Waals surface area contributed by atoms with Crippen molar-refractivity contribution in [2.24, 2.45) is 11.8 Å². The van der Waals surface area contributed by atoms with Gasteiger partial charge in [-0.15, -0.1) is 0 Å². The fourth-order valence-corrected chi connectivity index (χ4v) is 2.76. The first kappa shape index (κ1) is 11.6. The fourth-order valence-electron chi connectivity index (χ4n) is 2.55. The number of hydrogen-bond donors (Lipinski definition) is 1. The van der Waals surface area contributed by atoms with Gasteiger partial charge in [-0.1, -0.05) is 23.7 Å². The molecule has 92 valence electrons. The summed E-state index contributed by atoms with van der Waals surface area (Å²) in [4.78, 5) is 0. The van der Waals surface area contributed by atoms with Crippen molar-refractivity contribution in [1.29, 1.82) is 0 Å². The van der Waals surface area contributed by atoms with Crippen LogP contribution in [0.5, 0.6) is 0 Å². The van der Waals surface area contributed by atoms with E-state index in [9.17, 15) is 0 Å². The Morgan fingerprint density at radius 3 is 2.71 bits per heavy atom. The van der Waals surface area contributed by atoms with Crippen LogP contribution in [-0.2, 0) is 6.42 Å². The van der Waals surface area contributed by atoms with Crippen LogP contribution in [0.2, 0.25) is 5.02 Å². The molecule has 1 unspecified atom stereocenters. The monoisotopic (exact) mass is 249 g/mol. The van der Waals surface area contributed by atoms with E-state index in [2.05, 4.69) is 23.5 Å². The van der Waals surface area contributed by atoms with Crippen molar-refractivity contribution in [3.63, 3.8) is 0 Å². The number of benzene rings is 1. The van der Waals surface area contributed by atoms with E-state index in [1.807, 2.05) is 6.07 Å². The third-order valence-corrected chi connectivity index (χ3v) is 4.16. The van der Waals surface area contributed by atoms with Gasteiger partial charge < -0.3 is 5.32 Å². The zero-order chi connectivity index (χ0) is 11.7. The second kappa shape index (κ2) is 4.99. The number of nitrogens with one attached hydrogen (secondary N) is 1. The van der Waals surface area contributed by atoms with E-state index < -0.39 is 0 Å². The Balaban J connectivity index is 1.58. The van der Waals surface area contributed by atoms with E-state index in [1.165, 1.54) is 44.2 Å². The van der Waals surface area contributed by atoms with Crippen molar-refractivity contribution < 1.29 is 0 Å². The molecule has 2 heteroatoms. The van der Waals surface area contributed by atoms with E-state index in [0.29, 0.717) is 0 Å². The van der Waals surface area contributed by atoms with Crippen LogP contribution in [0.1, 0.15) is 31.2 Å². The Morgan fingerprint density at radius 1 is 1.24 bits per heavy atom. The van der Waals surface area contributed by atoms with Gasteiger partial charge in [-0.25, -0.2) is 0 Å². The molecule has 1 N–H and O–H groups in total. The van der Waals surface area contributed by atoms with Crippen LogP contribution in [0.4, 0.5) is 0 Å². The van der Waals surface area contributed by atoms with Crippen molar-refractivity contribution in [1.82, 2.24) is 5.32 Å². The molecule has 1 atom stereocenters. The highest BCUT2D eigenvalue weighted by Crippen LogP contribution is 2.38. The summed E-state index contributed by atoms with van der Waals surface area (Å²) < 4.78 is 0. The van der Waals surface area contributed by atoms with E-state index in [4.69, 9.17) is 11.6 Å². The largest absolute Gasteiger partial charge is 0.314 e. The lowest BCUT2D eigenvalue weighted by molar-refractivity contribution is 0.422. The fraction of sp³-hybridized carbons (Fsp3) is 0.600. The van der Waals surface area contributed by atoms with Gasteiger partial charge in [0.1, 0.15) is 0 Å². The normalized spacial score (nSPS) is 21.5. The first-order valence-electron chi connectivity index (χ1n) is 6.79. The van der Waals surface area contributed by atoms with Gasteiger partial charge in [0.15, 0.2) is 0 Å². The minimum atomic E-state index is 0.814. The highest BCUT2D eigenvalue weighted by Gasteiger charge is 2.32. The molecule has 0 aliphatic heterocycles. The average Bonchev–Trinajstić information content (AvgIpc) is 3.15. The van der Waals surface area contributed by atoms with Gasteiger partial charge in [0.25, 0.3) is 0 Å². The van der Waals surface area contributed by atoms with E-state index in [0.717, 1.165) is 22.9 Å². The van der Waals surface area contributed by atoms with Crippen LogP contribution in [0, 0.1) is 11.8 Å². The minimum absolute atomic E-state index is 0.814. The van der Waals surface area contributed by atoms with Crippen molar-refractivity contribution in [3.05, 3.63) is 34.9 Å². The third kappa shape index (κ3) is 3.46. The molecule has 0 aromatic heterocycles. The molecule has 3 rings (SSSR count). The van der Waals surface area contributed by atoms with E-state index in [-0.39, 0.29) is 0 Å². The Bertz CT molecular complexity index is 382. The molecular weight excluding hydrogens is 230 g/mol. The maximum atomic E-state index is 6.05. The summed E-state index contributed by atoms with van der Waals surface area (Å²) in [6, 6.07) is 9.18. The van der Waals surface area contributed by atoms with Gasteiger partial charge in [-0.2, -0.15) is 0 Å². The molecule has 2 aliphatic rings. The standard InChI is InChI=1S/C15H20ClN/c16-14-3-1-2-11(9-14)8-13(12-4-5-12)10-17-15-6-7-15/h1-3,9,12-13,15,17H,4-8,10H2. The molecular formula is C15H20ClN. The highest BCUT2D eigenvalue weighted by atomic mass is 35.5. The summed E-state index contributed by atoms with van der Waals surface area (Å²) >= 11 is 6.05. The van der Waals surface area contributed by atoms with Gasteiger partial charge in [-0.05, 0) is 68.2 Å². The quantitative estimate of drug-likeness (QED) is 0.811. The zero-order valence-corrected chi connectivity index (χ0v) is 10.9. The SMILES string of the molecule is Clc1cccc(CC(CNC2CC2)C2CC2)c1. The number of hydrogen-bond acceptors (Lipinski definition) is 1. The van der Waals surface area contributed by atoms with Crippen LogP contribution in [0.15, 0.2) is 24.3 Å². The maximum Gasteiger partial charge on any atom is 0.0408 e.